The van der Waals surface area contributed by atoms with E-state index >= 15 is 0 Å². The second-order valence-electron chi connectivity index (χ2n) is 2.67. The molecule has 76 valence electrons. The van der Waals surface area contributed by atoms with Crippen LogP contribution >= 0.6 is 0 Å². The molecule has 0 aliphatic heterocycles. The van der Waals surface area contributed by atoms with Crippen molar-refractivity contribution in [3.8, 4) is 12.3 Å². The van der Waals surface area contributed by atoms with Gasteiger partial charge in [-0.2, -0.15) is 4.99 Å². The predicted octanol–water partition coefficient (Wildman–Crippen LogP) is -0.112. The summed E-state index contributed by atoms with van der Waals surface area (Å²) in [5.74, 6) is 2.31. The van der Waals surface area contributed by atoms with Crippen molar-refractivity contribution in [3.63, 3.8) is 0 Å². The van der Waals surface area contributed by atoms with Gasteiger partial charge in [0, 0.05) is 0 Å². The van der Waals surface area contributed by atoms with Crippen molar-refractivity contribution in [2.75, 3.05) is 0 Å². The second kappa shape index (κ2) is 4.67. The third-order valence-corrected chi connectivity index (χ3v) is 1.54. The number of hydrogen-bond donors (Lipinski definition) is 3. The minimum atomic E-state index is -0.144. The Balaban J connectivity index is 3.09. The van der Waals surface area contributed by atoms with Gasteiger partial charge >= 0.3 is 0 Å². The Morgan fingerprint density at radius 3 is 2.47 bits per heavy atom. The average Bonchev–Trinajstić information content (AvgIpc) is 2.17. The minimum absolute atomic E-state index is 0.0299. The third-order valence-electron chi connectivity index (χ3n) is 1.54. The Kier molecular flexibility index (Phi) is 3.30. The van der Waals surface area contributed by atoms with E-state index in [9.17, 15) is 0 Å². The van der Waals surface area contributed by atoms with Crippen molar-refractivity contribution in [1.82, 2.24) is 0 Å². The molecule has 1 aromatic carbocycles. The molecule has 1 aromatic rings. The highest BCUT2D eigenvalue weighted by molar-refractivity contribution is 5.93. The molecule has 0 bridgehead atoms. The second-order valence-corrected chi connectivity index (χ2v) is 2.67. The maximum absolute atomic E-state index is 5.46. The van der Waals surface area contributed by atoms with E-state index in [2.05, 4.69) is 15.9 Å². The Labute approximate surface area is 87.7 Å². The van der Waals surface area contributed by atoms with E-state index in [1.165, 1.54) is 0 Å². The molecule has 15 heavy (non-hydrogen) atoms. The summed E-state index contributed by atoms with van der Waals surface area (Å²) < 4.78 is 0. The topological polar surface area (TPSA) is 103 Å². The first-order valence-electron chi connectivity index (χ1n) is 4.13. The molecule has 5 nitrogen and oxygen atoms in total. The number of guanidine groups is 2. The molecule has 6 N–H and O–H groups in total. The number of nitrogens with zero attached hydrogens (tertiary/aromatic N) is 2. The lowest BCUT2D eigenvalue weighted by Crippen LogP contribution is -2.26. The summed E-state index contributed by atoms with van der Waals surface area (Å²) in [6, 6.07) is 7.08. The van der Waals surface area contributed by atoms with Crippen LogP contribution in [-0.4, -0.2) is 11.9 Å². The zero-order chi connectivity index (χ0) is 11.3. The van der Waals surface area contributed by atoms with E-state index in [1.807, 2.05) is 6.07 Å². The first kappa shape index (κ1) is 10.6. The number of nitrogens with two attached hydrogens (primary N) is 3. The Morgan fingerprint density at radius 2 is 1.87 bits per heavy atom. The predicted molar refractivity (Wildman–Crippen MR) is 61.5 cm³/mol. The summed E-state index contributed by atoms with van der Waals surface area (Å²) in [6.07, 6.45) is 5.28. The highest BCUT2D eigenvalue weighted by atomic mass is 15.1. The van der Waals surface area contributed by atoms with Gasteiger partial charge in [-0.3, -0.25) is 0 Å². The van der Waals surface area contributed by atoms with Crippen LogP contribution in [-0.2, 0) is 0 Å². The van der Waals surface area contributed by atoms with Crippen molar-refractivity contribution in [3.05, 3.63) is 29.8 Å². The van der Waals surface area contributed by atoms with Crippen LogP contribution in [0.3, 0.4) is 0 Å². The molecule has 0 unspecified atom stereocenters. The molecule has 0 atom stereocenters. The van der Waals surface area contributed by atoms with E-state index in [-0.39, 0.29) is 11.9 Å². The molecule has 1 rings (SSSR count). The molecule has 0 spiro atoms. The molecule has 0 fully saturated rings. The summed E-state index contributed by atoms with van der Waals surface area (Å²) in [6.45, 7) is 0. The molecule has 0 aliphatic rings. The van der Waals surface area contributed by atoms with Gasteiger partial charge in [-0.1, -0.05) is 18.1 Å². The van der Waals surface area contributed by atoms with Crippen molar-refractivity contribution >= 4 is 17.6 Å². The van der Waals surface area contributed by atoms with Gasteiger partial charge in [0.05, 0.1) is 11.3 Å². The summed E-state index contributed by atoms with van der Waals surface area (Å²) in [5, 5.41) is 0. The fourth-order valence-electron chi connectivity index (χ4n) is 0.974. The summed E-state index contributed by atoms with van der Waals surface area (Å²) >= 11 is 0. The number of terminal acetylenes is 1. The molecule has 0 amide bonds. The summed E-state index contributed by atoms with van der Waals surface area (Å²) in [4.78, 5) is 7.55. The zero-order valence-corrected chi connectivity index (χ0v) is 8.01. The Hall–Kier alpha value is -2.48. The molecule has 0 aromatic heterocycles. The van der Waals surface area contributed by atoms with Crippen LogP contribution in [0, 0.1) is 12.3 Å². The first-order valence-corrected chi connectivity index (χ1v) is 4.13. The van der Waals surface area contributed by atoms with Crippen molar-refractivity contribution < 1.29 is 0 Å². The standard InChI is InChI=1S/C10H11N5/c1-2-7-5-3-4-6-8(7)14-10(13)15-9(11)12/h1,3-6H,(H6,11,12,13,14,15). The SMILES string of the molecule is C#Cc1ccccc1N=C(N)N=C(N)N. The first-order chi connectivity index (χ1) is 7.13. The normalized spacial score (nSPS) is 10.5. The molecule has 0 radical (unpaired) electrons. The summed E-state index contributed by atoms with van der Waals surface area (Å²) in [7, 11) is 0. The number of rotatable bonds is 1. The lowest BCUT2D eigenvalue weighted by atomic mass is 10.2. The van der Waals surface area contributed by atoms with Crippen LogP contribution < -0.4 is 17.2 Å². The van der Waals surface area contributed by atoms with Gasteiger partial charge in [0.1, 0.15) is 0 Å². The Morgan fingerprint density at radius 1 is 1.20 bits per heavy atom. The highest BCUT2D eigenvalue weighted by Crippen LogP contribution is 2.16. The number of aliphatic imine (C=N–C) groups is 2. The Bertz CT molecular complexity index is 449. The van der Waals surface area contributed by atoms with Gasteiger partial charge in [-0.05, 0) is 12.1 Å². The summed E-state index contributed by atoms with van der Waals surface area (Å²) in [5.41, 5.74) is 16.9. The minimum Gasteiger partial charge on any atom is -0.370 e. The van der Waals surface area contributed by atoms with Crippen molar-refractivity contribution in [2.45, 2.75) is 0 Å². The van der Waals surface area contributed by atoms with Crippen LogP contribution in [0.25, 0.3) is 0 Å². The van der Waals surface area contributed by atoms with E-state index in [4.69, 9.17) is 23.6 Å². The maximum Gasteiger partial charge on any atom is 0.223 e. The quantitative estimate of drug-likeness (QED) is 0.335. The monoisotopic (exact) mass is 201 g/mol. The van der Waals surface area contributed by atoms with E-state index in [0.717, 1.165) is 0 Å². The lowest BCUT2D eigenvalue weighted by Gasteiger charge is -1.98. The van der Waals surface area contributed by atoms with Crippen molar-refractivity contribution in [1.29, 1.82) is 0 Å². The maximum atomic E-state index is 5.46. The molecular weight excluding hydrogens is 190 g/mol. The van der Waals surface area contributed by atoms with Crippen LogP contribution in [0.4, 0.5) is 5.69 Å². The van der Waals surface area contributed by atoms with E-state index < -0.39 is 0 Å². The van der Waals surface area contributed by atoms with Gasteiger partial charge in [0.2, 0.25) is 5.96 Å². The molecule has 0 saturated carbocycles. The number of benzene rings is 1. The molecule has 0 aliphatic carbocycles. The van der Waals surface area contributed by atoms with Crippen LogP contribution in [0.2, 0.25) is 0 Å². The third kappa shape index (κ3) is 3.04. The van der Waals surface area contributed by atoms with Crippen molar-refractivity contribution in [2.24, 2.45) is 27.2 Å². The number of para-hydroxylation sites is 1. The van der Waals surface area contributed by atoms with E-state index in [0.29, 0.717) is 11.3 Å². The average molecular weight is 201 g/mol. The van der Waals surface area contributed by atoms with Gasteiger partial charge in [-0.15, -0.1) is 6.42 Å². The van der Waals surface area contributed by atoms with Crippen LogP contribution in [0.15, 0.2) is 34.3 Å². The van der Waals surface area contributed by atoms with Crippen LogP contribution in [0.1, 0.15) is 5.56 Å². The molecule has 5 heteroatoms. The van der Waals surface area contributed by atoms with Gasteiger partial charge in [0.15, 0.2) is 5.96 Å². The van der Waals surface area contributed by atoms with Crippen LogP contribution in [0.5, 0.6) is 0 Å². The molecular formula is C10H11N5. The lowest BCUT2D eigenvalue weighted by molar-refractivity contribution is 1.37. The van der Waals surface area contributed by atoms with Gasteiger partial charge in [-0.25, -0.2) is 4.99 Å². The van der Waals surface area contributed by atoms with Gasteiger partial charge < -0.3 is 17.2 Å². The van der Waals surface area contributed by atoms with E-state index in [1.54, 1.807) is 18.2 Å². The zero-order valence-electron chi connectivity index (χ0n) is 8.01. The largest absolute Gasteiger partial charge is 0.370 e. The fraction of sp³-hybridized carbons (Fsp3) is 0. The molecule has 0 saturated heterocycles. The highest BCUT2D eigenvalue weighted by Gasteiger charge is 1.97. The fourth-order valence-corrected chi connectivity index (χ4v) is 0.974. The number of hydrogen-bond acceptors (Lipinski definition) is 1. The van der Waals surface area contributed by atoms with Gasteiger partial charge in [0.25, 0.3) is 0 Å². The smallest absolute Gasteiger partial charge is 0.223 e. The molecule has 0 heterocycles.